The third-order valence-electron chi connectivity index (χ3n) is 4.45. The zero-order chi connectivity index (χ0) is 16.8. The largest absolute Gasteiger partial charge is 0.372 e. The smallest absolute Gasteiger partial charge is 0.227 e. The minimum atomic E-state index is 0.0499. The molecule has 0 bridgehead atoms. The molecule has 2 aromatic carbocycles. The molecule has 1 saturated carbocycles. The van der Waals surface area contributed by atoms with Gasteiger partial charge in [0.25, 0.3) is 0 Å². The van der Waals surface area contributed by atoms with Gasteiger partial charge in [-0.15, -0.1) is 0 Å². The molecular formula is C20H24N2O2. The predicted octanol–water partition coefficient (Wildman–Crippen LogP) is 3.47. The quantitative estimate of drug-likeness (QED) is 0.855. The fraction of sp³-hybridized carbons (Fsp3) is 0.350. The maximum atomic E-state index is 12.2. The van der Waals surface area contributed by atoms with Gasteiger partial charge in [-0.1, -0.05) is 42.5 Å². The van der Waals surface area contributed by atoms with E-state index in [4.69, 9.17) is 10.5 Å². The lowest BCUT2D eigenvalue weighted by molar-refractivity contribution is -0.119. The number of rotatable bonds is 6. The number of carbonyl (C=O) groups excluding carboxylic acids is 1. The van der Waals surface area contributed by atoms with Crippen LogP contribution in [0.4, 0.5) is 5.69 Å². The summed E-state index contributed by atoms with van der Waals surface area (Å²) in [5, 5.41) is 2.98. The number of hydrogen-bond acceptors (Lipinski definition) is 3. The molecule has 24 heavy (non-hydrogen) atoms. The average Bonchev–Trinajstić information content (AvgIpc) is 3.04. The fourth-order valence-electron chi connectivity index (χ4n) is 3.04. The first-order valence-electron chi connectivity index (χ1n) is 8.48. The molecule has 0 heterocycles. The first-order valence-corrected chi connectivity index (χ1v) is 8.48. The van der Waals surface area contributed by atoms with Crippen LogP contribution in [0.1, 0.15) is 30.4 Å². The Morgan fingerprint density at radius 2 is 1.67 bits per heavy atom. The molecule has 2 atom stereocenters. The Kier molecular flexibility index (Phi) is 5.62. The van der Waals surface area contributed by atoms with Crippen LogP contribution in [0, 0.1) is 5.92 Å². The topological polar surface area (TPSA) is 64.4 Å². The highest BCUT2D eigenvalue weighted by atomic mass is 16.5. The number of nitrogens with two attached hydrogens (primary N) is 1. The molecule has 0 aromatic heterocycles. The molecule has 126 valence electrons. The van der Waals surface area contributed by atoms with Gasteiger partial charge in [0.2, 0.25) is 5.91 Å². The summed E-state index contributed by atoms with van der Waals surface area (Å²) >= 11 is 0. The van der Waals surface area contributed by atoms with Gasteiger partial charge in [0.05, 0.1) is 13.2 Å². The second kappa shape index (κ2) is 8.08. The van der Waals surface area contributed by atoms with Crippen molar-refractivity contribution in [2.24, 2.45) is 11.7 Å². The Hall–Kier alpha value is -2.17. The molecule has 3 rings (SSSR count). The van der Waals surface area contributed by atoms with E-state index in [9.17, 15) is 4.79 Å². The normalized spacial score (nSPS) is 20.0. The number of benzene rings is 2. The summed E-state index contributed by atoms with van der Waals surface area (Å²) < 4.78 is 5.72. The van der Waals surface area contributed by atoms with E-state index in [1.54, 1.807) is 0 Å². The van der Waals surface area contributed by atoms with Crippen molar-refractivity contribution < 1.29 is 9.53 Å². The molecule has 1 aliphatic rings. The van der Waals surface area contributed by atoms with E-state index in [2.05, 4.69) is 5.32 Å². The van der Waals surface area contributed by atoms with E-state index >= 15 is 0 Å². The molecule has 2 unspecified atom stereocenters. The Labute approximate surface area is 143 Å². The second-order valence-corrected chi connectivity index (χ2v) is 6.43. The minimum absolute atomic E-state index is 0.0499. The van der Waals surface area contributed by atoms with Crippen LogP contribution in [-0.4, -0.2) is 11.9 Å². The monoisotopic (exact) mass is 324 g/mol. The van der Waals surface area contributed by atoms with Crippen LogP contribution in [-0.2, 0) is 22.7 Å². The van der Waals surface area contributed by atoms with Crippen LogP contribution in [0.3, 0.4) is 0 Å². The molecular weight excluding hydrogens is 300 g/mol. The van der Waals surface area contributed by atoms with Crippen LogP contribution < -0.4 is 11.1 Å². The molecule has 4 nitrogen and oxygen atoms in total. The van der Waals surface area contributed by atoms with Gasteiger partial charge in [0.15, 0.2) is 0 Å². The van der Waals surface area contributed by atoms with Crippen LogP contribution in [0.25, 0.3) is 0 Å². The van der Waals surface area contributed by atoms with Crippen molar-refractivity contribution in [3.63, 3.8) is 0 Å². The second-order valence-electron chi connectivity index (χ2n) is 6.43. The molecule has 0 radical (unpaired) electrons. The highest BCUT2D eigenvalue weighted by molar-refractivity contribution is 5.92. The van der Waals surface area contributed by atoms with Crippen LogP contribution >= 0.6 is 0 Å². The molecule has 2 aromatic rings. The van der Waals surface area contributed by atoms with Crippen molar-refractivity contribution in [1.82, 2.24) is 0 Å². The summed E-state index contributed by atoms with van der Waals surface area (Å²) in [6, 6.07) is 18.1. The van der Waals surface area contributed by atoms with Gasteiger partial charge >= 0.3 is 0 Å². The first-order chi connectivity index (χ1) is 11.7. The lowest BCUT2D eigenvalue weighted by Gasteiger charge is -2.11. The van der Waals surface area contributed by atoms with Gasteiger partial charge in [0.1, 0.15) is 0 Å². The summed E-state index contributed by atoms with van der Waals surface area (Å²) in [7, 11) is 0. The Morgan fingerprint density at radius 3 is 2.29 bits per heavy atom. The molecule has 1 amide bonds. The number of carbonyl (C=O) groups is 1. The highest BCUT2D eigenvalue weighted by Crippen LogP contribution is 2.25. The SMILES string of the molecule is NC1CCC(C(=O)Nc2ccc(COCc3ccccc3)cc2)C1. The van der Waals surface area contributed by atoms with Crippen LogP contribution in [0.2, 0.25) is 0 Å². The summed E-state index contributed by atoms with van der Waals surface area (Å²) in [5.74, 6) is 0.130. The van der Waals surface area contributed by atoms with Crippen molar-refractivity contribution in [2.45, 2.75) is 38.5 Å². The van der Waals surface area contributed by atoms with E-state index in [0.717, 1.165) is 36.1 Å². The van der Waals surface area contributed by atoms with Crippen molar-refractivity contribution >= 4 is 11.6 Å². The Morgan fingerprint density at radius 1 is 1.00 bits per heavy atom. The molecule has 4 heteroatoms. The van der Waals surface area contributed by atoms with Crippen molar-refractivity contribution in [2.75, 3.05) is 5.32 Å². The molecule has 3 N–H and O–H groups in total. The molecule has 0 saturated heterocycles. The first kappa shape index (κ1) is 16.7. The van der Waals surface area contributed by atoms with E-state index in [1.807, 2.05) is 54.6 Å². The van der Waals surface area contributed by atoms with Crippen molar-refractivity contribution in [3.05, 3.63) is 65.7 Å². The lowest BCUT2D eigenvalue weighted by atomic mass is 10.1. The van der Waals surface area contributed by atoms with Gasteiger partial charge in [-0.3, -0.25) is 4.79 Å². The summed E-state index contributed by atoms with van der Waals surface area (Å²) in [6.45, 7) is 1.15. The average molecular weight is 324 g/mol. The number of anilines is 1. The Bertz CT molecular complexity index is 655. The number of amides is 1. The van der Waals surface area contributed by atoms with E-state index in [1.165, 1.54) is 0 Å². The van der Waals surface area contributed by atoms with E-state index < -0.39 is 0 Å². The zero-order valence-electron chi connectivity index (χ0n) is 13.8. The number of hydrogen-bond donors (Lipinski definition) is 2. The van der Waals surface area contributed by atoms with E-state index in [-0.39, 0.29) is 17.9 Å². The highest BCUT2D eigenvalue weighted by Gasteiger charge is 2.27. The van der Waals surface area contributed by atoms with Crippen molar-refractivity contribution in [3.8, 4) is 0 Å². The van der Waals surface area contributed by atoms with Gasteiger partial charge in [0, 0.05) is 17.6 Å². The fourth-order valence-corrected chi connectivity index (χ4v) is 3.04. The number of nitrogens with one attached hydrogen (secondary N) is 1. The predicted molar refractivity (Wildman–Crippen MR) is 95.3 cm³/mol. The van der Waals surface area contributed by atoms with Crippen molar-refractivity contribution in [1.29, 1.82) is 0 Å². The minimum Gasteiger partial charge on any atom is -0.372 e. The van der Waals surface area contributed by atoms with Gasteiger partial charge in [-0.05, 0) is 42.5 Å². The zero-order valence-corrected chi connectivity index (χ0v) is 13.8. The third kappa shape index (κ3) is 4.66. The van der Waals surface area contributed by atoms with Crippen LogP contribution in [0.15, 0.2) is 54.6 Å². The van der Waals surface area contributed by atoms with Crippen LogP contribution in [0.5, 0.6) is 0 Å². The molecule has 1 fully saturated rings. The maximum absolute atomic E-state index is 12.2. The van der Waals surface area contributed by atoms with Gasteiger partial charge in [-0.25, -0.2) is 0 Å². The molecule has 0 aliphatic heterocycles. The maximum Gasteiger partial charge on any atom is 0.227 e. The lowest BCUT2D eigenvalue weighted by Crippen LogP contribution is -2.23. The third-order valence-corrected chi connectivity index (χ3v) is 4.45. The van der Waals surface area contributed by atoms with E-state index in [0.29, 0.717) is 13.2 Å². The molecule has 1 aliphatic carbocycles. The summed E-state index contributed by atoms with van der Waals surface area (Å²) in [6.07, 6.45) is 2.62. The number of ether oxygens (including phenoxy) is 1. The standard InChI is InChI=1S/C20H24N2O2/c21-18-9-8-17(12-18)20(23)22-19-10-6-16(7-11-19)14-24-13-15-4-2-1-3-5-15/h1-7,10-11,17-18H,8-9,12-14,21H2,(H,22,23). The summed E-state index contributed by atoms with van der Waals surface area (Å²) in [5.41, 5.74) is 8.95. The van der Waals surface area contributed by atoms with Gasteiger partial charge in [-0.2, -0.15) is 0 Å². The summed E-state index contributed by atoms with van der Waals surface area (Å²) in [4.78, 5) is 12.2. The molecule has 0 spiro atoms. The van der Waals surface area contributed by atoms with Gasteiger partial charge < -0.3 is 15.8 Å². The Balaban J connectivity index is 1.45.